The van der Waals surface area contributed by atoms with Crippen molar-refractivity contribution in [3.8, 4) is 0 Å². The first-order valence-corrected chi connectivity index (χ1v) is 7.02. The Hall–Kier alpha value is -0.720. The number of halogens is 2. The molecule has 92 valence electrons. The van der Waals surface area contributed by atoms with Crippen LogP contribution < -0.4 is 5.32 Å². The second-order valence-corrected chi connectivity index (χ2v) is 5.79. The molecule has 1 amide bonds. The van der Waals surface area contributed by atoms with Crippen molar-refractivity contribution in [3.05, 3.63) is 56.6 Å². The van der Waals surface area contributed by atoms with E-state index in [1.807, 2.05) is 6.07 Å². The summed E-state index contributed by atoms with van der Waals surface area (Å²) in [4.78, 5) is 12.8. The molecule has 0 atom stereocenters. The summed E-state index contributed by atoms with van der Waals surface area (Å²) < 4.78 is 1.02. The molecule has 2 rings (SSSR count). The lowest BCUT2D eigenvalue weighted by Crippen LogP contribution is -2.12. The third-order valence-electron chi connectivity index (χ3n) is 2.31. The van der Waals surface area contributed by atoms with Crippen LogP contribution in [0, 0.1) is 3.57 Å². The molecule has 0 heterocycles. The fourth-order valence-corrected chi connectivity index (χ4v) is 2.45. The monoisotopic (exact) mass is 389 g/mol. The fourth-order valence-electron chi connectivity index (χ4n) is 1.40. The predicted octanol–water partition coefficient (Wildman–Crippen LogP) is 4.49. The van der Waals surface area contributed by atoms with Gasteiger partial charge in [-0.2, -0.15) is 0 Å². The topological polar surface area (TPSA) is 29.1 Å². The maximum absolute atomic E-state index is 12.0. The van der Waals surface area contributed by atoms with E-state index in [0.29, 0.717) is 16.3 Å². The summed E-state index contributed by atoms with van der Waals surface area (Å²) in [7, 11) is 0. The van der Waals surface area contributed by atoms with Crippen LogP contribution in [0.4, 0.5) is 5.69 Å². The molecule has 0 aliphatic rings. The third kappa shape index (κ3) is 3.40. The number of thiol groups is 1. The second kappa shape index (κ2) is 5.95. The van der Waals surface area contributed by atoms with Crippen LogP contribution in [0.3, 0.4) is 0 Å². The number of carbonyl (C=O) groups is 1. The third-order valence-corrected chi connectivity index (χ3v) is 3.59. The van der Waals surface area contributed by atoms with E-state index >= 15 is 0 Å². The zero-order chi connectivity index (χ0) is 13.1. The molecule has 0 saturated carbocycles. The Morgan fingerprint density at radius 1 is 1.17 bits per heavy atom. The average Bonchev–Trinajstić information content (AvgIpc) is 2.33. The Kier molecular flexibility index (Phi) is 4.53. The Labute approximate surface area is 129 Å². The molecule has 0 saturated heterocycles. The van der Waals surface area contributed by atoms with Gasteiger partial charge in [-0.25, -0.2) is 0 Å². The number of carbonyl (C=O) groups excluding carboxylic acids is 1. The number of rotatable bonds is 2. The van der Waals surface area contributed by atoms with Gasteiger partial charge in [0, 0.05) is 14.0 Å². The van der Waals surface area contributed by atoms with Crippen LogP contribution in [-0.2, 0) is 0 Å². The average molecular weight is 390 g/mol. The number of anilines is 1. The molecule has 18 heavy (non-hydrogen) atoms. The maximum Gasteiger partial charge on any atom is 0.255 e. The van der Waals surface area contributed by atoms with Crippen LogP contribution >= 0.6 is 46.8 Å². The van der Waals surface area contributed by atoms with E-state index in [1.54, 1.807) is 36.4 Å². The van der Waals surface area contributed by atoms with Gasteiger partial charge in [0.15, 0.2) is 0 Å². The van der Waals surface area contributed by atoms with Gasteiger partial charge in [0.1, 0.15) is 0 Å². The predicted molar refractivity (Wildman–Crippen MR) is 85.8 cm³/mol. The van der Waals surface area contributed by atoms with Crippen LogP contribution in [-0.4, -0.2) is 5.91 Å². The number of nitrogens with one attached hydrogen (secondary N) is 1. The van der Waals surface area contributed by atoms with Gasteiger partial charge in [-0.15, -0.1) is 12.6 Å². The summed E-state index contributed by atoms with van der Waals surface area (Å²) in [6.45, 7) is 0. The van der Waals surface area contributed by atoms with E-state index in [4.69, 9.17) is 11.6 Å². The smallest absolute Gasteiger partial charge is 0.255 e. The standard InChI is InChI=1S/C13H9ClINOS/c14-11-7-9(15)3-6-12(11)16-13(17)8-1-4-10(18)5-2-8/h1-7,18H,(H,16,17). The lowest BCUT2D eigenvalue weighted by atomic mass is 10.2. The first kappa shape index (κ1) is 13.7. The van der Waals surface area contributed by atoms with Gasteiger partial charge in [0.25, 0.3) is 5.91 Å². The van der Waals surface area contributed by atoms with E-state index in [-0.39, 0.29) is 5.91 Å². The quantitative estimate of drug-likeness (QED) is 0.575. The molecule has 0 aromatic heterocycles. The van der Waals surface area contributed by atoms with Crippen molar-refractivity contribution in [2.24, 2.45) is 0 Å². The van der Waals surface area contributed by atoms with E-state index in [1.165, 1.54) is 0 Å². The van der Waals surface area contributed by atoms with Crippen LogP contribution in [0.25, 0.3) is 0 Å². The molecule has 0 spiro atoms. The van der Waals surface area contributed by atoms with Gasteiger partial charge in [-0.05, 0) is 65.1 Å². The zero-order valence-corrected chi connectivity index (χ0v) is 13.0. The van der Waals surface area contributed by atoms with Crippen LogP contribution in [0.15, 0.2) is 47.4 Å². The molecular weight excluding hydrogens is 381 g/mol. The van der Waals surface area contributed by atoms with Crippen molar-refractivity contribution in [1.29, 1.82) is 0 Å². The number of benzene rings is 2. The molecule has 0 unspecified atom stereocenters. The highest BCUT2D eigenvalue weighted by atomic mass is 127. The summed E-state index contributed by atoms with van der Waals surface area (Å²) in [6, 6.07) is 12.5. The summed E-state index contributed by atoms with van der Waals surface area (Å²) in [6.07, 6.45) is 0. The Bertz CT molecular complexity index is 586. The summed E-state index contributed by atoms with van der Waals surface area (Å²) in [5.74, 6) is -0.188. The van der Waals surface area contributed by atoms with Gasteiger partial charge in [0.05, 0.1) is 10.7 Å². The van der Waals surface area contributed by atoms with Crippen molar-refractivity contribution in [3.63, 3.8) is 0 Å². The molecule has 0 radical (unpaired) electrons. The minimum Gasteiger partial charge on any atom is -0.321 e. The van der Waals surface area contributed by atoms with Crippen LogP contribution in [0.1, 0.15) is 10.4 Å². The molecular formula is C13H9ClINOS. The van der Waals surface area contributed by atoms with Crippen LogP contribution in [0.5, 0.6) is 0 Å². The van der Waals surface area contributed by atoms with Crippen molar-refractivity contribution in [1.82, 2.24) is 0 Å². The largest absolute Gasteiger partial charge is 0.321 e. The molecule has 2 nitrogen and oxygen atoms in total. The Morgan fingerprint density at radius 3 is 2.44 bits per heavy atom. The van der Waals surface area contributed by atoms with Gasteiger partial charge < -0.3 is 5.32 Å². The molecule has 2 aromatic carbocycles. The molecule has 0 aliphatic carbocycles. The van der Waals surface area contributed by atoms with Gasteiger partial charge in [0.2, 0.25) is 0 Å². The highest BCUT2D eigenvalue weighted by Gasteiger charge is 2.08. The first-order valence-electron chi connectivity index (χ1n) is 5.12. The molecule has 0 aliphatic heterocycles. The minimum absolute atomic E-state index is 0.188. The first-order chi connectivity index (χ1) is 8.56. The van der Waals surface area contributed by atoms with Crippen molar-refractivity contribution in [2.45, 2.75) is 4.90 Å². The Balaban J connectivity index is 2.18. The summed E-state index contributed by atoms with van der Waals surface area (Å²) in [5.41, 5.74) is 1.18. The zero-order valence-electron chi connectivity index (χ0n) is 9.15. The molecule has 2 aromatic rings. The molecule has 5 heteroatoms. The minimum atomic E-state index is -0.188. The van der Waals surface area contributed by atoms with E-state index in [9.17, 15) is 4.79 Å². The molecule has 0 bridgehead atoms. The number of hydrogen-bond donors (Lipinski definition) is 2. The summed E-state index contributed by atoms with van der Waals surface area (Å²) >= 11 is 12.4. The number of amides is 1. The van der Waals surface area contributed by atoms with E-state index in [0.717, 1.165) is 8.47 Å². The number of hydrogen-bond acceptors (Lipinski definition) is 2. The highest BCUT2D eigenvalue weighted by molar-refractivity contribution is 14.1. The van der Waals surface area contributed by atoms with Crippen molar-refractivity contribution < 1.29 is 4.79 Å². The lowest BCUT2D eigenvalue weighted by Gasteiger charge is -2.07. The van der Waals surface area contributed by atoms with E-state index in [2.05, 4.69) is 40.5 Å². The highest BCUT2D eigenvalue weighted by Crippen LogP contribution is 2.24. The summed E-state index contributed by atoms with van der Waals surface area (Å²) in [5, 5.41) is 3.30. The van der Waals surface area contributed by atoms with Crippen molar-refractivity contribution in [2.75, 3.05) is 5.32 Å². The van der Waals surface area contributed by atoms with Gasteiger partial charge >= 0.3 is 0 Å². The SMILES string of the molecule is O=C(Nc1ccc(I)cc1Cl)c1ccc(S)cc1. The molecule has 0 fully saturated rings. The van der Waals surface area contributed by atoms with E-state index < -0.39 is 0 Å². The fraction of sp³-hybridized carbons (Fsp3) is 0. The second-order valence-electron chi connectivity index (χ2n) is 3.63. The van der Waals surface area contributed by atoms with Gasteiger partial charge in [-0.1, -0.05) is 11.6 Å². The lowest BCUT2D eigenvalue weighted by molar-refractivity contribution is 0.102. The van der Waals surface area contributed by atoms with Gasteiger partial charge in [-0.3, -0.25) is 4.79 Å². The maximum atomic E-state index is 12.0. The molecule has 1 N–H and O–H groups in total. The Morgan fingerprint density at radius 2 is 1.83 bits per heavy atom. The normalized spacial score (nSPS) is 10.2. The van der Waals surface area contributed by atoms with Crippen molar-refractivity contribution >= 4 is 58.4 Å². The van der Waals surface area contributed by atoms with Crippen LogP contribution in [0.2, 0.25) is 5.02 Å².